The molecule has 0 aliphatic heterocycles. The van der Waals surface area contributed by atoms with Crippen LogP contribution in [0, 0.1) is 0 Å². The Bertz CT molecular complexity index is 534. The molecule has 0 amide bonds. The van der Waals surface area contributed by atoms with Gasteiger partial charge in [0.15, 0.2) is 5.82 Å². The van der Waals surface area contributed by atoms with Gasteiger partial charge in [-0.3, -0.25) is 0 Å². The van der Waals surface area contributed by atoms with E-state index < -0.39 is 9.84 Å². The molecular formula is C12H22N4O3S. The summed E-state index contributed by atoms with van der Waals surface area (Å²) in [5.41, 5.74) is 0. The zero-order valence-corrected chi connectivity index (χ0v) is 13.1. The Hall–Kier alpha value is -1.41. The molecule has 114 valence electrons. The number of nitrogens with zero attached hydrogens (tertiary/aromatic N) is 2. The maximum absolute atomic E-state index is 11.3. The van der Waals surface area contributed by atoms with Crippen LogP contribution in [0.3, 0.4) is 0 Å². The van der Waals surface area contributed by atoms with Crippen molar-refractivity contribution in [3.05, 3.63) is 11.9 Å². The number of hydrogen-bond acceptors (Lipinski definition) is 7. The predicted octanol–water partition coefficient (Wildman–Crippen LogP) is 0.900. The Morgan fingerprint density at radius 3 is 2.55 bits per heavy atom. The third-order valence-corrected chi connectivity index (χ3v) is 3.52. The average Bonchev–Trinajstić information content (AvgIpc) is 2.33. The maximum Gasteiger partial charge on any atom is 0.158 e. The van der Waals surface area contributed by atoms with Crippen LogP contribution in [0.1, 0.15) is 19.7 Å². The molecule has 1 rings (SSSR count). The van der Waals surface area contributed by atoms with Crippen molar-refractivity contribution >= 4 is 21.5 Å². The molecule has 7 nitrogen and oxygen atoms in total. The van der Waals surface area contributed by atoms with E-state index in [9.17, 15) is 8.42 Å². The lowest BCUT2D eigenvalue weighted by atomic mass is 10.4. The minimum Gasteiger partial charge on any atom is -0.374 e. The Morgan fingerprint density at radius 1 is 1.35 bits per heavy atom. The van der Waals surface area contributed by atoms with Gasteiger partial charge in [0.1, 0.15) is 28.1 Å². The topological polar surface area (TPSA) is 93.2 Å². The van der Waals surface area contributed by atoms with Crippen molar-refractivity contribution in [3.63, 3.8) is 0 Å². The van der Waals surface area contributed by atoms with E-state index >= 15 is 0 Å². The first-order chi connectivity index (χ1) is 9.34. The van der Waals surface area contributed by atoms with Gasteiger partial charge in [-0.25, -0.2) is 18.4 Å². The van der Waals surface area contributed by atoms with Crippen molar-refractivity contribution < 1.29 is 13.2 Å². The van der Waals surface area contributed by atoms with E-state index in [0.29, 0.717) is 30.7 Å². The Balaban J connectivity index is 2.82. The van der Waals surface area contributed by atoms with Crippen LogP contribution < -0.4 is 10.6 Å². The molecule has 1 aromatic rings. The molecule has 0 spiro atoms. The normalized spacial score (nSPS) is 13.0. The standard InChI is InChI=1S/C12H22N4O3S/c1-5-19-7-12-15-10(13-3)6-11(16-12)14-9(2)8-20(4,17)18/h6,9H,5,7-8H2,1-4H3,(H2,13,14,15,16). The number of rotatable bonds is 8. The smallest absolute Gasteiger partial charge is 0.158 e. The largest absolute Gasteiger partial charge is 0.374 e. The first-order valence-corrected chi connectivity index (χ1v) is 8.47. The summed E-state index contributed by atoms with van der Waals surface area (Å²) in [6.07, 6.45) is 1.21. The molecule has 1 unspecified atom stereocenters. The molecule has 20 heavy (non-hydrogen) atoms. The van der Waals surface area contributed by atoms with E-state index in [1.165, 1.54) is 6.26 Å². The monoisotopic (exact) mass is 302 g/mol. The van der Waals surface area contributed by atoms with Gasteiger partial charge in [-0.1, -0.05) is 0 Å². The lowest BCUT2D eigenvalue weighted by molar-refractivity contribution is 0.128. The summed E-state index contributed by atoms with van der Waals surface area (Å²) in [5.74, 6) is 1.83. The number of aromatic nitrogens is 2. The minimum atomic E-state index is -3.03. The van der Waals surface area contributed by atoms with Crippen LogP contribution in [0.25, 0.3) is 0 Å². The third kappa shape index (κ3) is 6.16. The highest BCUT2D eigenvalue weighted by atomic mass is 32.2. The molecule has 1 heterocycles. The molecule has 0 aromatic carbocycles. The zero-order chi connectivity index (χ0) is 15.2. The van der Waals surface area contributed by atoms with Crippen LogP contribution in [-0.2, 0) is 21.2 Å². The van der Waals surface area contributed by atoms with Crippen LogP contribution in [0.2, 0.25) is 0 Å². The van der Waals surface area contributed by atoms with Crippen molar-refractivity contribution in [2.45, 2.75) is 26.5 Å². The summed E-state index contributed by atoms with van der Waals surface area (Å²) in [7, 11) is -1.27. The second kappa shape index (κ2) is 7.39. The van der Waals surface area contributed by atoms with Gasteiger partial charge in [0, 0.05) is 32.0 Å². The predicted molar refractivity (Wildman–Crippen MR) is 79.7 cm³/mol. The maximum atomic E-state index is 11.3. The Labute approximate surface area is 120 Å². The van der Waals surface area contributed by atoms with Crippen LogP contribution in [0.4, 0.5) is 11.6 Å². The van der Waals surface area contributed by atoms with Crippen molar-refractivity contribution in [2.75, 3.05) is 36.3 Å². The fourth-order valence-electron chi connectivity index (χ4n) is 1.71. The van der Waals surface area contributed by atoms with Crippen molar-refractivity contribution in [1.82, 2.24) is 9.97 Å². The third-order valence-electron chi connectivity index (χ3n) is 2.41. The molecule has 0 bridgehead atoms. The number of nitrogens with one attached hydrogen (secondary N) is 2. The summed E-state index contributed by atoms with van der Waals surface area (Å²) in [4.78, 5) is 8.57. The summed E-state index contributed by atoms with van der Waals surface area (Å²) in [6.45, 7) is 4.60. The van der Waals surface area contributed by atoms with Crippen molar-refractivity contribution in [2.24, 2.45) is 0 Å². The van der Waals surface area contributed by atoms with E-state index in [1.807, 2.05) is 6.92 Å². The van der Waals surface area contributed by atoms with Crippen LogP contribution >= 0.6 is 0 Å². The lowest BCUT2D eigenvalue weighted by Gasteiger charge is -2.15. The zero-order valence-electron chi connectivity index (χ0n) is 12.3. The van der Waals surface area contributed by atoms with E-state index in [0.717, 1.165) is 0 Å². The number of ether oxygens (including phenoxy) is 1. The van der Waals surface area contributed by atoms with Crippen LogP contribution in [-0.4, -0.2) is 50.1 Å². The molecule has 0 aliphatic carbocycles. The average molecular weight is 302 g/mol. The molecule has 0 aliphatic rings. The molecular weight excluding hydrogens is 280 g/mol. The molecule has 0 saturated heterocycles. The second-order valence-electron chi connectivity index (χ2n) is 4.58. The summed E-state index contributed by atoms with van der Waals surface area (Å²) >= 11 is 0. The first kappa shape index (κ1) is 16.6. The Morgan fingerprint density at radius 2 is 2.00 bits per heavy atom. The highest BCUT2D eigenvalue weighted by Gasteiger charge is 2.12. The fraction of sp³-hybridized carbons (Fsp3) is 0.667. The van der Waals surface area contributed by atoms with Gasteiger partial charge in [-0.15, -0.1) is 0 Å². The molecule has 0 radical (unpaired) electrons. The van der Waals surface area contributed by atoms with Gasteiger partial charge in [0.25, 0.3) is 0 Å². The number of sulfone groups is 1. The highest BCUT2D eigenvalue weighted by molar-refractivity contribution is 7.90. The molecule has 0 saturated carbocycles. The molecule has 8 heteroatoms. The number of anilines is 2. The van der Waals surface area contributed by atoms with E-state index in [4.69, 9.17) is 4.74 Å². The van der Waals surface area contributed by atoms with E-state index in [-0.39, 0.29) is 11.8 Å². The lowest BCUT2D eigenvalue weighted by Crippen LogP contribution is -2.25. The van der Waals surface area contributed by atoms with Gasteiger partial charge in [-0.05, 0) is 13.8 Å². The molecule has 0 fully saturated rings. The van der Waals surface area contributed by atoms with Crippen LogP contribution in [0.15, 0.2) is 6.07 Å². The number of hydrogen-bond donors (Lipinski definition) is 2. The van der Waals surface area contributed by atoms with E-state index in [2.05, 4.69) is 20.6 Å². The van der Waals surface area contributed by atoms with Gasteiger partial charge in [0.05, 0.1) is 5.75 Å². The first-order valence-electron chi connectivity index (χ1n) is 6.41. The highest BCUT2D eigenvalue weighted by Crippen LogP contribution is 2.13. The minimum absolute atomic E-state index is 0.0483. The quantitative estimate of drug-likeness (QED) is 0.737. The molecule has 2 N–H and O–H groups in total. The van der Waals surface area contributed by atoms with E-state index in [1.54, 1.807) is 20.0 Å². The van der Waals surface area contributed by atoms with Gasteiger partial charge < -0.3 is 15.4 Å². The van der Waals surface area contributed by atoms with Gasteiger partial charge in [0.2, 0.25) is 0 Å². The fourth-order valence-corrected chi connectivity index (χ4v) is 2.70. The van der Waals surface area contributed by atoms with Crippen molar-refractivity contribution in [3.8, 4) is 0 Å². The summed E-state index contributed by atoms with van der Waals surface area (Å²) < 4.78 is 27.8. The molecule has 1 aromatic heterocycles. The SMILES string of the molecule is CCOCc1nc(NC)cc(NC(C)CS(C)(=O)=O)n1. The molecule has 1 atom stereocenters. The summed E-state index contributed by atoms with van der Waals surface area (Å²) in [6, 6.07) is 1.50. The second-order valence-corrected chi connectivity index (χ2v) is 6.76. The van der Waals surface area contributed by atoms with Gasteiger partial charge in [-0.2, -0.15) is 0 Å². The van der Waals surface area contributed by atoms with Gasteiger partial charge >= 0.3 is 0 Å². The summed E-state index contributed by atoms with van der Waals surface area (Å²) in [5, 5.41) is 6.00. The van der Waals surface area contributed by atoms with Crippen LogP contribution in [0.5, 0.6) is 0 Å². The Kier molecular flexibility index (Phi) is 6.15. The van der Waals surface area contributed by atoms with Crippen molar-refractivity contribution in [1.29, 1.82) is 0 Å².